The first-order chi connectivity index (χ1) is 7.72. The van der Waals surface area contributed by atoms with Crippen molar-refractivity contribution in [1.29, 1.82) is 0 Å². The van der Waals surface area contributed by atoms with Crippen LogP contribution in [-0.4, -0.2) is 27.8 Å². The lowest BCUT2D eigenvalue weighted by Gasteiger charge is -2.04. The Kier molecular flexibility index (Phi) is 2.68. The molecule has 5 nitrogen and oxygen atoms in total. The predicted octanol–water partition coefficient (Wildman–Crippen LogP) is 1.61. The van der Waals surface area contributed by atoms with Gasteiger partial charge in [-0.15, -0.1) is 0 Å². The summed E-state index contributed by atoms with van der Waals surface area (Å²) < 4.78 is 4.96. The van der Waals surface area contributed by atoms with Gasteiger partial charge in [-0.25, -0.2) is 9.78 Å². The van der Waals surface area contributed by atoms with E-state index in [0.717, 1.165) is 5.39 Å². The first kappa shape index (κ1) is 10.4. The third-order valence-electron chi connectivity index (χ3n) is 2.17. The molecule has 0 fully saturated rings. The van der Waals surface area contributed by atoms with Crippen LogP contribution in [0, 0.1) is 6.92 Å². The maximum atomic E-state index is 11.6. The lowest BCUT2D eigenvalue weighted by molar-refractivity contribution is 0.0548. The molecule has 1 N–H and O–H groups in total. The summed E-state index contributed by atoms with van der Waals surface area (Å²) in [5.41, 5.74) is 1.74. The highest BCUT2D eigenvalue weighted by molar-refractivity contribution is 5.94. The summed E-state index contributed by atoms with van der Waals surface area (Å²) in [7, 11) is 0. The number of hydrogen-bond acceptors (Lipinski definition) is 4. The first-order valence-corrected chi connectivity index (χ1v) is 4.81. The van der Waals surface area contributed by atoms with E-state index in [-0.39, 0.29) is 6.61 Å². The number of ether oxygens (including phenoxy) is 1. The maximum absolute atomic E-state index is 11.6. The molecule has 2 aromatic heterocycles. The Morgan fingerprint density at radius 3 is 3.25 bits per heavy atom. The molecule has 0 aliphatic carbocycles. The van der Waals surface area contributed by atoms with E-state index >= 15 is 0 Å². The van der Waals surface area contributed by atoms with Crippen LogP contribution in [0.3, 0.4) is 0 Å². The molecular weight excluding hydrogens is 206 g/mol. The summed E-state index contributed by atoms with van der Waals surface area (Å²) in [4.78, 5) is 15.9. The quantitative estimate of drug-likeness (QED) is 0.626. The fraction of sp³-hybridized carbons (Fsp3) is 0.182. The van der Waals surface area contributed by atoms with Crippen LogP contribution in [0.25, 0.3) is 11.0 Å². The number of hydrogen-bond donors (Lipinski definition) is 1. The minimum Gasteiger partial charge on any atom is -0.458 e. The van der Waals surface area contributed by atoms with Gasteiger partial charge >= 0.3 is 5.97 Å². The van der Waals surface area contributed by atoms with Gasteiger partial charge in [0.15, 0.2) is 5.65 Å². The number of nitrogens with one attached hydrogen (secondary N) is 1. The SMILES string of the molecule is C=CCOC(=O)c1cc2cn[nH]c2nc1C. The largest absolute Gasteiger partial charge is 0.458 e. The predicted molar refractivity (Wildman–Crippen MR) is 59.1 cm³/mol. The molecule has 0 aliphatic rings. The van der Waals surface area contributed by atoms with Crippen LogP contribution in [0.4, 0.5) is 0 Å². The average Bonchev–Trinajstić information content (AvgIpc) is 2.71. The van der Waals surface area contributed by atoms with Crippen LogP contribution in [0.15, 0.2) is 24.9 Å². The van der Waals surface area contributed by atoms with Gasteiger partial charge in [0, 0.05) is 5.39 Å². The van der Waals surface area contributed by atoms with Crippen molar-refractivity contribution < 1.29 is 9.53 Å². The number of carbonyl (C=O) groups is 1. The molecule has 0 saturated heterocycles. The molecule has 2 rings (SSSR count). The Balaban J connectivity index is 2.38. The van der Waals surface area contributed by atoms with Crippen molar-refractivity contribution in [3.63, 3.8) is 0 Å². The highest BCUT2D eigenvalue weighted by Gasteiger charge is 2.13. The van der Waals surface area contributed by atoms with E-state index in [4.69, 9.17) is 4.74 Å². The summed E-state index contributed by atoms with van der Waals surface area (Å²) in [5.74, 6) is -0.395. The zero-order chi connectivity index (χ0) is 11.5. The molecule has 5 heteroatoms. The number of esters is 1. The van der Waals surface area contributed by atoms with Gasteiger partial charge in [0.1, 0.15) is 6.61 Å². The summed E-state index contributed by atoms with van der Waals surface area (Å²) in [6.45, 7) is 5.43. The Morgan fingerprint density at radius 1 is 1.69 bits per heavy atom. The van der Waals surface area contributed by atoms with Crippen LogP contribution in [-0.2, 0) is 4.74 Å². The molecule has 2 aromatic rings. The first-order valence-electron chi connectivity index (χ1n) is 4.81. The normalized spacial score (nSPS) is 10.3. The standard InChI is InChI=1S/C11H11N3O2/c1-3-4-16-11(15)9-5-8-6-12-14-10(8)13-7(9)2/h3,5-6H,1,4H2,2H3,(H,12,13,14). The van der Waals surface area contributed by atoms with E-state index in [2.05, 4.69) is 21.8 Å². The smallest absolute Gasteiger partial charge is 0.340 e. The Hall–Kier alpha value is -2.17. The molecule has 0 amide bonds. The average molecular weight is 217 g/mol. The summed E-state index contributed by atoms with van der Waals surface area (Å²) >= 11 is 0. The molecule has 16 heavy (non-hydrogen) atoms. The molecule has 0 atom stereocenters. The number of aryl methyl sites for hydroxylation is 1. The monoisotopic (exact) mass is 217 g/mol. The third-order valence-corrected chi connectivity index (χ3v) is 2.17. The number of H-pyrrole nitrogens is 1. The minimum absolute atomic E-state index is 0.196. The number of aromatic nitrogens is 3. The van der Waals surface area contributed by atoms with Gasteiger partial charge in [-0.2, -0.15) is 5.10 Å². The molecule has 82 valence electrons. The maximum Gasteiger partial charge on any atom is 0.340 e. The number of aromatic amines is 1. The van der Waals surface area contributed by atoms with Gasteiger partial charge in [0.05, 0.1) is 17.5 Å². The van der Waals surface area contributed by atoms with Gasteiger partial charge in [0.25, 0.3) is 0 Å². The number of nitrogens with zero attached hydrogens (tertiary/aromatic N) is 2. The summed E-state index contributed by atoms with van der Waals surface area (Å²) in [6.07, 6.45) is 3.14. The van der Waals surface area contributed by atoms with Gasteiger partial charge in [-0.1, -0.05) is 12.7 Å². The molecular formula is C11H11N3O2. The van der Waals surface area contributed by atoms with Crippen LogP contribution in [0.5, 0.6) is 0 Å². The van der Waals surface area contributed by atoms with Crippen molar-refractivity contribution in [1.82, 2.24) is 15.2 Å². The molecule has 0 spiro atoms. The van der Waals surface area contributed by atoms with Crippen molar-refractivity contribution >= 4 is 17.0 Å². The Bertz CT molecular complexity index is 545. The van der Waals surface area contributed by atoms with Crippen molar-refractivity contribution in [2.75, 3.05) is 6.61 Å². The molecule has 0 aliphatic heterocycles. The molecule has 0 aromatic carbocycles. The van der Waals surface area contributed by atoms with E-state index in [0.29, 0.717) is 16.9 Å². The van der Waals surface area contributed by atoms with Gasteiger partial charge in [-0.05, 0) is 13.0 Å². The third kappa shape index (κ3) is 1.79. The molecule has 0 saturated carbocycles. The van der Waals surface area contributed by atoms with Crippen molar-refractivity contribution in [3.8, 4) is 0 Å². The molecule has 0 radical (unpaired) electrons. The topological polar surface area (TPSA) is 67.9 Å². The van der Waals surface area contributed by atoms with E-state index in [1.165, 1.54) is 6.08 Å². The Morgan fingerprint density at radius 2 is 2.50 bits per heavy atom. The Labute approximate surface area is 92.1 Å². The van der Waals surface area contributed by atoms with E-state index < -0.39 is 5.97 Å². The number of pyridine rings is 1. The van der Waals surface area contributed by atoms with Crippen molar-refractivity contribution in [2.24, 2.45) is 0 Å². The van der Waals surface area contributed by atoms with Crippen LogP contribution >= 0.6 is 0 Å². The highest BCUT2D eigenvalue weighted by atomic mass is 16.5. The second-order valence-corrected chi connectivity index (χ2v) is 3.32. The number of rotatable bonds is 3. The number of fused-ring (bicyclic) bond motifs is 1. The lowest BCUT2D eigenvalue weighted by Crippen LogP contribution is -2.08. The van der Waals surface area contributed by atoms with Gasteiger partial charge in [0.2, 0.25) is 0 Å². The summed E-state index contributed by atoms with van der Waals surface area (Å²) in [5, 5.41) is 7.38. The fourth-order valence-corrected chi connectivity index (χ4v) is 1.39. The number of carbonyl (C=O) groups excluding carboxylic acids is 1. The zero-order valence-electron chi connectivity index (χ0n) is 8.86. The highest BCUT2D eigenvalue weighted by Crippen LogP contribution is 2.14. The molecule has 0 unspecified atom stereocenters. The lowest BCUT2D eigenvalue weighted by atomic mass is 10.2. The van der Waals surface area contributed by atoms with E-state index in [1.807, 2.05) is 0 Å². The van der Waals surface area contributed by atoms with Gasteiger partial charge in [-0.3, -0.25) is 5.10 Å². The van der Waals surface area contributed by atoms with E-state index in [9.17, 15) is 4.79 Å². The minimum atomic E-state index is -0.395. The second-order valence-electron chi connectivity index (χ2n) is 3.32. The van der Waals surface area contributed by atoms with Gasteiger partial charge < -0.3 is 4.74 Å². The molecule has 0 bridgehead atoms. The van der Waals surface area contributed by atoms with E-state index in [1.54, 1.807) is 19.2 Å². The second kappa shape index (κ2) is 4.14. The molecule has 2 heterocycles. The summed E-state index contributed by atoms with van der Waals surface area (Å²) in [6, 6.07) is 1.71. The van der Waals surface area contributed by atoms with Crippen molar-refractivity contribution in [2.45, 2.75) is 6.92 Å². The van der Waals surface area contributed by atoms with Crippen LogP contribution < -0.4 is 0 Å². The fourth-order valence-electron chi connectivity index (χ4n) is 1.39. The van der Waals surface area contributed by atoms with Crippen molar-refractivity contribution in [3.05, 3.63) is 36.2 Å². The van der Waals surface area contributed by atoms with Crippen LogP contribution in [0.2, 0.25) is 0 Å². The van der Waals surface area contributed by atoms with Crippen LogP contribution in [0.1, 0.15) is 16.1 Å². The zero-order valence-corrected chi connectivity index (χ0v) is 8.86.